The SMILES string of the molecule is CC(C)CS(=O)(=O)C1CN(S(=O)(=O)Cc2ccccc2)C1. The summed E-state index contributed by atoms with van der Waals surface area (Å²) in [6.45, 7) is 3.87. The van der Waals surface area contributed by atoms with Crippen LogP contribution in [0.2, 0.25) is 0 Å². The topological polar surface area (TPSA) is 71.5 Å². The van der Waals surface area contributed by atoms with Gasteiger partial charge in [-0.2, -0.15) is 4.31 Å². The van der Waals surface area contributed by atoms with Gasteiger partial charge in [-0.3, -0.25) is 0 Å². The molecule has 1 heterocycles. The second kappa shape index (κ2) is 6.06. The second-order valence-electron chi connectivity index (χ2n) is 5.90. The summed E-state index contributed by atoms with van der Waals surface area (Å²) in [5, 5.41) is -0.551. The maximum absolute atomic E-state index is 12.2. The largest absolute Gasteiger partial charge is 0.228 e. The maximum atomic E-state index is 12.2. The van der Waals surface area contributed by atoms with E-state index in [0.29, 0.717) is 5.56 Å². The molecule has 7 heteroatoms. The lowest BCUT2D eigenvalue weighted by atomic mass is 10.2. The molecule has 1 aliphatic rings. The molecule has 0 unspecified atom stereocenters. The van der Waals surface area contributed by atoms with Crippen molar-refractivity contribution in [3.8, 4) is 0 Å². The molecule has 1 aliphatic heterocycles. The molecule has 1 aromatic carbocycles. The molecule has 21 heavy (non-hydrogen) atoms. The van der Waals surface area contributed by atoms with Crippen molar-refractivity contribution in [3.05, 3.63) is 35.9 Å². The normalized spacial score (nSPS) is 17.9. The van der Waals surface area contributed by atoms with Crippen molar-refractivity contribution in [2.45, 2.75) is 24.9 Å². The zero-order valence-corrected chi connectivity index (χ0v) is 13.9. The quantitative estimate of drug-likeness (QED) is 0.787. The lowest BCUT2D eigenvalue weighted by Crippen LogP contribution is -2.57. The minimum atomic E-state index is -3.43. The molecule has 118 valence electrons. The standard InChI is InChI=1S/C14H21NO4S2/c1-12(2)10-20(16,17)14-8-15(9-14)21(18,19)11-13-6-4-3-5-7-13/h3-7,12,14H,8-11H2,1-2H3. The molecule has 0 saturated carbocycles. The summed E-state index contributed by atoms with van der Waals surface area (Å²) in [6, 6.07) is 8.91. The van der Waals surface area contributed by atoms with Crippen LogP contribution in [0.4, 0.5) is 0 Å². The molecule has 0 N–H and O–H groups in total. The minimum Gasteiger partial charge on any atom is -0.228 e. The van der Waals surface area contributed by atoms with E-state index >= 15 is 0 Å². The lowest BCUT2D eigenvalue weighted by molar-refractivity contribution is 0.308. The molecule has 0 radical (unpaired) electrons. The van der Waals surface area contributed by atoms with Gasteiger partial charge >= 0.3 is 0 Å². The highest BCUT2D eigenvalue weighted by Crippen LogP contribution is 2.24. The fourth-order valence-electron chi connectivity index (χ4n) is 2.33. The zero-order valence-electron chi connectivity index (χ0n) is 12.3. The van der Waals surface area contributed by atoms with E-state index in [9.17, 15) is 16.8 Å². The van der Waals surface area contributed by atoms with Gasteiger partial charge in [0.05, 0.1) is 16.8 Å². The van der Waals surface area contributed by atoms with E-state index in [1.54, 1.807) is 24.3 Å². The molecule has 2 rings (SSSR count). The Morgan fingerprint density at radius 2 is 1.67 bits per heavy atom. The summed E-state index contributed by atoms with van der Waals surface area (Å²) in [6.07, 6.45) is 0. The molecule has 0 aromatic heterocycles. The van der Waals surface area contributed by atoms with Crippen molar-refractivity contribution in [2.24, 2.45) is 5.92 Å². The average Bonchev–Trinajstić information content (AvgIpc) is 2.24. The highest BCUT2D eigenvalue weighted by atomic mass is 32.2. The number of nitrogens with zero attached hydrogens (tertiary/aromatic N) is 1. The third-order valence-corrected chi connectivity index (χ3v) is 7.70. The molecule has 1 fully saturated rings. The van der Waals surface area contributed by atoms with E-state index in [1.165, 1.54) is 4.31 Å². The van der Waals surface area contributed by atoms with Crippen LogP contribution in [0.15, 0.2) is 30.3 Å². The van der Waals surface area contributed by atoms with Crippen LogP contribution in [0, 0.1) is 5.92 Å². The second-order valence-corrected chi connectivity index (χ2v) is 10.2. The van der Waals surface area contributed by atoms with Gasteiger partial charge in [0.25, 0.3) is 0 Å². The van der Waals surface area contributed by atoms with E-state index in [4.69, 9.17) is 0 Å². The lowest BCUT2D eigenvalue weighted by Gasteiger charge is -2.37. The van der Waals surface area contributed by atoms with Gasteiger partial charge in [-0.1, -0.05) is 44.2 Å². The van der Waals surface area contributed by atoms with Crippen molar-refractivity contribution in [1.82, 2.24) is 4.31 Å². The fourth-order valence-corrected chi connectivity index (χ4v) is 6.15. The Morgan fingerprint density at radius 1 is 1.10 bits per heavy atom. The van der Waals surface area contributed by atoms with E-state index < -0.39 is 25.1 Å². The Hall–Kier alpha value is -0.920. The maximum Gasteiger partial charge on any atom is 0.218 e. The van der Waals surface area contributed by atoms with E-state index in [-0.39, 0.29) is 30.5 Å². The zero-order chi connectivity index (χ0) is 15.7. The number of hydrogen-bond donors (Lipinski definition) is 0. The van der Waals surface area contributed by atoms with Gasteiger partial charge in [0, 0.05) is 13.1 Å². The van der Waals surface area contributed by atoms with Crippen LogP contribution in [0.1, 0.15) is 19.4 Å². The van der Waals surface area contributed by atoms with E-state index in [2.05, 4.69) is 0 Å². The monoisotopic (exact) mass is 331 g/mol. The molecule has 0 atom stereocenters. The average molecular weight is 331 g/mol. The van der Waals surface area contributed by atoms with E-state index in [1.807, 2.05) is 19.9 Å². The van der Waals surface area contributed by atoms with Crippen LogP contribution in [0.3, 0.4) is 0 Å². The predicted molar refractivity (Wildman–Crippen MR) is 83.1 cm³/mol. The predicted octanol–water partition coefficient (Wildman–Crippen LogP) is 1.27. The molecular formula is C14H21NO4S2. The molecule has 5 nitrogen and oxygen atoms in total. The summed E-state index contributed by atoms with van der Waals surface area (Å²) in [5.41, 5.74) is 0.714. The molecule has 0 spiro atoms. The number of sulfonamides is 1. The molecule has 1 aromatic rings. The van der Waals surface area contributed by atoms with Gasteiger partial charge in [-0.25, -0.2) is 16.8 Å². The van der Waals surface area contributed by atoms with Gasteiger partial charge in [0.2, 0.25) is 10.0 Å². The molecule has 0 amide bonds. The summed E-state index contributed by atoms with van der Waals surface area (Å²) in [7, 11) is -6.62. The van der Waals surface area contributed by atoms with Crippen molar-refractivity contribution in [3.63, 3.8) is 0 Å². The summed E-state index contributed by atoms with van der Waals surface area (Å²) in [4.78, 5) is 0. The van der Waals surface area contributed by atoms with Crippen LogP contribution in [0.5, 0.6) is 0 Å². The van der Waals surface area contributed by atoms with Crippen LogP contribution in [0.25, 0.3) is 0 Å². The fraction of sp³-hybridized carbons (Fsp3) is 0.571. The van der Waals surface area contributed by atoms with Crippen LogP contribution in [-0.2, 0) is 25.6 Å². The molecule has 0 aliphatic carbocycles. The first-order valence-electron chi connectivity index (χ1n) is 6.94. The van der Waals surface area contributed by atoms with Crippen LogP contribution >= 0.6 is 0 Å². The van der Waals surface area contributed by atoms with Crippen molar-refractivity contribution >= 4 is 19.9 Å². The number of hydrogen-bond acceptors (Lipinski definition) is 4. The molecule has 0 bridgehead atoms. The Labute approximate surface area is 126 Å². The third kappa shape index (κ3) is 4.05. The first-order valence-corrected chi connectivity index (χ1v) is 10.3. The van der Waals surface area contributed by atoms with Gasteiger partial charge in [0.15, 0.2) is 9.84 Å². The van der Waals surface area contributed by atoms with Crippen LogP contribution in [-0.4, -0.2) is 45.2 Å². The van der Waals surface area contributed by atoms with Crippen molar-refractivity contribution < 1.29 is 16.8 Å². The summed E-state index contributed by atoms with van der Waals surface area (Å²) in [5.74, 6) is 0.0969. The Kier molecular flexibility index (Phi) is 4.75. The third-order valence-electron chi connectivity index (χ3n) is 3.47. The van der Waals surface area contributed by atoms with Gasteiger partial charge in [-0.05, 0) is 11.5 Å². The number of sulfone groups is 1. The van der Waals surface area contributed by atoms with Crippen molar-refractivity contribution in [2.75, 3.05) is 18.8 Å². The first kappa shape index (κ1) is 16.5. The highest BCUT2D eigenvalue weighted by Gasteiger charge is 2.42. The highest BCUT2D eigenvalue weighted by molar-refractivity contribution is 7.92. The Morgan fingerprint density at radius 3 is 2.19 bits per heavy atom. The molecule has 1 saturated heterocycles. The van der Waals surface area contributed by atoms with Gasteiger partial charge in [0.1, 0.15) is 0 Å². The molecular weight excluding hydrogens is 310 g/mol. The number of rotatable bonds is 6. The Bertz CT molecular complexity index is 675. The summed E-state index contributed by atoms with van der Waals surface area (Å²) >= 11 is 0. The van der Waals surface area contributed by atoms with E-state index in [0.717, 1.165) is 0 Å². The smallest absolute Gasteiger partial charge is 0.218 e. The first-order chi connectivity index (χ1) is 9.71. The minimum absolute atomic E-state index is 0.0602. The van der Waals surface area contributed by atoms with Crippen molar-refractivity contribution in [1.29, 1.82) is 0 Å². The van der Waals surface area contributed by atoms with Gasteiger partial charge in [-0.15, -0.1) is 0 Å². The van der Waals surface area contributed by atoms with Crippen LogP contribution < -0.4 is 0 Å². The number of benzene rings is 1. The summed E-state index contributed by atoms with van der Waals surface area (Å²) < 4.78 is 49.7. The van der Waals surface area contributed by atoms with Gasteiger partial charge < -0.3 is 0 Å². The Balaban J connectivity index is 1.97.